The first-order chi connectivity index (χ1) is 12.2. The highest BCUT2D eigenvalue weighted by atomic mass is 35.5. The lowest BCUT2D eigenvalue weighted by Crippen LogP contribution is -2.29. The Kier molecular flexibility index (Phi) is 6.36. The normalized spacial score (nSPS) is 11.2. The average molecular weight is 374 g/mol. The van der Waals surface area contributed by atoms with Gasteiger partial charge in [0.25, 0.3) is 5.91 Å². The number of hydrazone groups is 1. The van der Waals surface area contributed by atoms with Crippen LogP contribution in [0.1, 0.15) is 36.7 Å². The summed E-state index contributed by atoms with van der Waals surface area (Å²) >= 11 is 6.03. The molecule has 0 aliphatic carbocycles. The molecule has 7 heteroatoms. The number of rotatable bonds is 4. The quantitative estimate of drug-likeness (QED) is 0.613. The predicted molar refractivity (Wildman–Crippen MR) is 103 cm³/mol. The van der Waals surface area contributed by atoms with Crippen LogP contribution in [-0.2, 0) is 4.74 Å². The first kappa shape index (κ1) is 19.5. The van der Waals surface area contributed by atoms with Crippen molar-refractivity contribution in [3.8, 4) is 0 Å². The summed E-state index contributed by atoms with van der Waals surface area (Å²) in [6, 6.07) is 13.8. The van der Waals surface area contributed by atoms with Crippen LogP contribution in [0.25, 0.3) is 0 Å². The van der Waals surface area contributed by atoms with Crippen LogP contribution in [0.5, 0.6) is 0 Å². The van der Waals surface area contributed by atoms with Crippen molar-refractivity contribution < 1.29 is 14.3 Å². The standard InChI is InChI=1S/C19H20ClN3O3/c1-19(2,3)26-18(25)23-21-12-13-7-6-8-14(11-13)22-17(24)15-9-4-5-10-16(15)20/h4-12H,1-3H3,(H,22,24)(H,23,25)/b21-12-. The maximum atomic E-state index is 12.3. The van der Waals surface area contributed by atoms with Crippen LogP contribution >= 0.6 is 11.6 Å². The third-order valence-electron chi connectivity index (χ3n) is 3.03. The molecule has 0 atom stereocenters. The molecule has 2 aromatic carbocycles. The van der Waals surface area contributed by atoms with E-state index in [9.17, 15) is 9.59 Å². The highest BCUT2D eigenvalue weighted by Crippen LogP contribution is 2.17. The highest BCUT2D eigenvalue weighted by molar-refractivity contribution is 6.34. The van der Waals surface area contributed by atoms with E-state index in [0.29, 0.717) is 21.8 Å². The van der Waals surface area contributed by atoms with Gasteiger partial charge in [-0.1, -0.05) is 35.9 Å². The number of halogens is 1. The van der Waals surface area contributed by atoms with Gasteiger partial charge in [-0.25, -0.2) is 10.2 Å². The summed E-state index contributed by atoms with van der Waals surface area (Å²) in [5.41, 5.74) is 3.35. The Bertz CT molecular complexity index is 829. The number of hydrogen-bond donors (Lipinski definition) is 2. The van der Waals surface area contributed by atoms with E-state index < -0.39 is 11.7 Å². The van der Waals surface area contributed by atoms with Crippen LogP contribution in [0.15, 0.2) is 53.6 Å². The number of benzene rings is 2. The van der Waals surface area contributed by atoms with E-state index in [1.54, 1.807) is 69.3 Å². The summed E-state index contributed by atoms with van der Waals surface area (Å²) in [7, 11) is 0. The van der Waals surface area contributed by atoms with Gasteiger partial charge in [0.05, 0.1) is 16.8 Å². The molecular formula is C19H20ClN3O3. The molecule has 0 radical (unpaired) electrons. The SMILES string of the molecule is CC(C)(C)OC(=O)N/N=C\c1cccc(NC(=O)c2ccccc2Cl)c1. The fourth-order valence-corrected chi connectivity index (χ4v) is 2.22. The summed E-state index contributed by atoms with van der Waals surface area (Å²) in [4.78, 5) is 23.8. The second kappa shape index (κ2) is 8.49. The van der Waals surface area contributed by atoms with E-state index in [2.05, 4.69) is 15.8 Å². The van der Waals surface area contributed by atoms with Crippen LogP contribution in [0, 0.1) is 0 Å². The summed E-state index contributed by atoms with van der Waals surface area (Å²) in [6.45, 7) is 5.30. The van der Waals surface area contributed by atoms with Gasteiger partial charge in [0, 0.05) is 5.69 Å². The van der Waals surface area contributed by atoms with Crippen LogP contribution in [-0.4, -0.2) is 23.8 Å². The minimum atomic E-state index is -0.642. The molecule has 136 valence electrons. The van der Waals surface area contributed by atoms with Crippen molar-refractivity contribution in [2.75, 3.05) is 5.32 Å². The number of nitrogens with one attached hydrogen (secondary N) is 2. The van der Waals surface area contributed by atoms with Gasteiger partial charge in [-0.15, -0.1) is 0 Å². The molecule has 2 N–H and O–H groups in total. The molecule has 0 unspecified atom stereocenters. The van der Waals surface area contributed by atoms with Gasteiger partial charge in [0.15, 0.2) is 0 Å². The summed E-state index contributed by atoms with van der Waals surface area (Å²) in [5.74, 6) is -0.309. The van der Waals surface area contributed by atoms with Gasteiger partial charge in [-0.2, -0.15) is 5.10 Å². The van der Waals surface area contributed by atoms with Crippen molar-refractivity contribution in [1.82, 2.24) is 5.43 Å². The molecular weight excluding hydrogens is 354 g/mol. The number of anilines is 1. The molecule has 2 rings (SSSR count). The molecule has 6 nitrogen and oxygen atoms in total. The van der Waals surface area contributed by atoms with Crippen molar-refractivity contribution in [3.63, 3.8) is 0 Å². The Balaban J connectivity index is 1.99. The second-order valence-electron chi connectivity index (χ2n) is 6.43. The van der Waals surface area contributed by atoms with E-state index >= 15 is 0 Å². The molecule has 0 saturated heterocycles. The zero-order valence-electron chi connectivity index (χ0n) is 14.7. The largest absolute Gasteiger partial charge is 0.443 e. The molecule has 0 fully saturated rings. The minimum Gasteiger partial charge on any atom is -0.443 e. The molecule has 0 aromatic heterocycles. The van der Waals surface area contributed by atoms with Gasteiger partial charge in [0.1, 0.15) is 5.60 Å². The first-order valence-electron chi connectivity index (χ1n) is 7.92. The van der Waals surface area contributed by atoms with E-state index in [1.807, 2.05) is 0 Å². The van der Waals surface area contributed by atoms with Gasteiger partial charge in [-0.3, -0.25) is 4.79 Å². The van der Waals surface area contributed by atoms with Crippen LogP contribution in [0.3, 0.4) is 0 Å². The maximum Gasteiger partial charge on any atom is 0.428 e. The lowest BCUT2D eigenvalue weighted by atomic mass is 10.2. The van der Waals surface area contributed by atoms with E-state index in [1.165, 1.54) is 6.21 Å². The number of carbonyl (C=O) groups is 2. The van der Waals surface area contributed by atoms with Crippen LogP contribution < -0.4 is 10.7 Å². The van der Waals surface area contributed by atoms with Gasteiger partial charge < -0.3 is 10.1 Å². The number of ether oxygens (including phenoxy) is 1. The average Bonchev–Trinajstić information content (AvgIpc) is 2.54. The summed E-state index contributed by atoms with van der Waals surface area (Å²) in [6.07, 6.45) is 0.812. The first-order valence-corrected chi connectivity index (χ1v) is 8.30. The lowest BCUT2D eigenvalue weighted by Gasteiger charge is -2.18. The fourth-order valence-electron chi connectivity index (χ4n) is 2.00. The van der Waals surface area contributed by atoms with Crippen molar-refractivity contribution in [2.45, 2.75) is 26.4 Å². The summed E-state index contributed by atoms with van der Waals surface area (Å²) in [5, 5.41) is 6.99. The molecule has 0 heterocycles. The Morgan fingerprint density at radius 2 is 1.85 bits per heavy atom. The number of amides is 2. The molecule has 0 aliphatic rings. The molecule has 2 amide bonds. The monoisotopic (exact) mass is 373 g/mol. The number of hydrogen-bond acceptors (Lipinski definition) is 4. The fraction of sp³-hybridized carbons (Fsp3) is 0.211. The lowest BCUT2D eigenvalue weighted by molar-refractivity contribution is 0.0529. The third-order valence-corrected chi connectivity index (χ3v) is 3.36. The minimum absolute atomic E-state index is 0.309. The Hall–Kier alpha value is -2.86. The smallest absolute Gasteiger partial charge is 0.428 e. The van der Waals surface area contributed by atoms with E-state index in [0.717, 1.165) is 0 Å². The van der Waals surface area contributed by atoms with Gasteiger partial charge in [-0.05, 0) is 50.6 Å². The van der Waals surface area contributed by atoms with Crippen molar-refractivity contribution in [1.29, 1.82) is 0 Å². The van der Waals surface area contributed by atoms with Gasteiger partial charge in [0.2, 0.25) is 0 Å². The zero-order valence-corrected chi connectivity index (χ0v) is 15.5. The van der Waals surface area contributed by atoms with Gasteiger partial charge >= 0.3 is 6.09 Å². The molecule has 0 saturated carbocycles. The zero-order chi connectivity index (χ0) is 19.2. The number of nitrogens with zero attached hydrogens (tertiary/aromatic N) is 1. The van der Waals surface area contributed by atoms with Crippen LogP contribution in [0.2, 0.25) is 5.02 Å². The van der Waals surface area contributed by atoms with Crippen LogP contribution in [0.4, 0.5) is 10.5 Å². The van der Waals surface area contributed by atoms with E-state index in [-0.39, 0.29) is 5.91 Å². The van der Waals surface area contributed by atoms with Crippen molar-refractivity contribution >= 4 is 35.5 Å². The molecule has 26 heavy (non-hydrogen) atoms. The number of carbonyl (C=O) groups excluding carboxylic acids is 2. The summed E-state index contributed by atoms with van der Waals surface area (Å²) < 4.78 is 5.08. The van der Waals surface area contributed by atoms with Crippen molar-refractivity contribution in [2.24, 2.45) is 5.10 Å². The Labute approximate surface area is 157 Å². The Morgan fingerprint density at radius 3 is 2.54 bits per heavy atom. The second-order valence-corrected chi connectivity index (χ2v) is 6.84. The van der Waals surface area contributed by atoms with Crippen molar-refractivity contribution in [3.05, 3.63) is 64.7 Å². The Morgan fingerprint density at radius 1 is 1.12 bits per heavy atom. The third kappa shape index (κ3) is 6.22. The highest BCUT2D eigenvalue weighted by Gasteiger charge is 2.15. The topological polar surface area (TPSA) is 79.8 Å². The maximum absolute atomic E-state index is 12.3. The molecule has 2 aromatic rings. The molecule has 0 aliphatic heterocycles. The molecule has 0 bridgehead atoms. The van der Waals surface area contributed by atoms with E-state index in [4.69, 9.17) is 16.3 Å². The predicted octanol–water partition coefficient (Wildman–Crippen LogP) is 4.45. The molecule has 0 spiro atoms.